The Morgan fingerprint density at radius 1 is 0.840 bits per heavy atom. The molecular formula is C23H29NO. The number of carbonyl (C=O) groups is 1. The van der Waals surface area contributed by atoms with E-state index in [1.807, 2.05) is 47.4 Å². The molecule has 2 aromatic carbocycles. The predicted octanol–water partition coefficient (Wildman–Crippen LogP) is 5.94. The molecule has 0 aliphatic carbocycles. The van der Waals surface area contributed by atoms with Crippen molar-refractivity contribution < 1.29 is 4.79 Å². The number of hydrogen-bond donors (Lipinski definition) is 0. The molecule has 1 amide bonds. The van der Waals surface area contributed by atoms with Crippen molar-refractivity contribution in [3.63, 3.8) is 0 Å². The van der Waals surface area contributed by atoms with E-state index in [0.717, 1.165) is 11.1 Å². The SMILES string of the molecule is C[C@@H](c1ccccc1)N(C(=O)/C=C/C(C)(C)C)[C@@H](C)c1ccccc1. The fourth-order valence-corrected chi connectivity index (χ4v) is 2.91. The fraction of sp³-hybridized carbons (Fsp3) is 0.348. The van der Waals surface area contributed by atoms with E-state index >= 15 is 0 Å². The number of allylic oxidation sites excluding steroid dienone is 1. The zero-order chi connectivity index (χ0) is 18.4. The zero-order valence-electron chi connectivity index (χ0n) is 15.9. The van der Waals surface area contributed by atoms with Crippen LogP contribution in [-0.2, 0) is 4.79 Å². The Kier molecular flexibility index (Phi) is 6.19. The van der Waals surface area contributed by atoms with Crippen molar-refractivity contribution in [3.8, 4) is 0 Å². The molecule has 0 bridgehead atoms. The lowest BCUT2D eigenvalue weighted by Gasteiger charge is -2.35. The molecule has 0 unspecified atom stereocenters. The molecule has 0 spiro atoms. The Labute approximate surface area is 152 Å². The highest BCUT2D eigenvalue weighted by Crippen LogP contribution is 2.31. The van der Waals surface area contributed by atoms with Crippen LogP contribution in [0.2, 0.25) is 0 Å². The summed E-state index contributed by atoms with van der Waals surface area (Å²) in [4.78, 5) is 15.0. The first-order valence-electron chi connectivity index (χ1n) is 8.91. The van der Waals surface area contributed by atoms with Crippen molar-refractivity contribution in [1.29, 1.82) is 0 Å². The predicted molar refractivity (Wildman–Crippen MR) is 105 cm³/mol. The van der Waals surface area contributed by atoms with Crippen molar-refractivity contribution in [2.75, 3.05) is 0 Å². The molecule has 0 radical (unpaired) electrons. The first-order chi connectivity index (χ1) is 11.8. The van der Waals surface area contributed by atoms with E-state index in [4.69, 9.17) is 0 Å². The van der Waals surface area contributed by atoms with Gasteiger partial charge < -0.3 is 4.90 Å². The average Bonchev–Trinajstić information content (AvgIpc) is 2.61. The number of benzene rings is 2. The molecule has 0 heterocycles. The van der Waals surface area contributed by atoms with Crippen LogP contribution in [-0.4, -0.2) is 10.8 Å². The van der Waals surface area contributed by atoms with Gasteiger partial charge in [-0.3, -0.25) is 4.79 Å². The van der Waals surface area contributed by atoms with Crippen LogP contribution in [0.4, 0.5) is 0 Å². The van der Waals surface area contributed by atoms with Gasteiger partial charge in [0.25, 0.3) is 0 Å². The summed E-state index contributed by atoms with van der Waals surface area (Å²) in [7, 11) is 0. The van der Waals surface area contributed by atoms with E-state index in [-0.39, 0.29) is 23.4 Å². The molecule has 132 valence electrons. The van der Waals surface area contributed by atoms with Crippen LogP contribution in [0, 0.1) is 5.41 Å². The third-order valence-corrected chi connectivity index (χ3v) is 4.38. The van der Waals surface area contributed by atoms with Gasteiger partial charge in [-0.25, -0.2) is 0 Å². The van der Waals surface area contributed by atoms with Gasteiger partial charge in [-0.2, -0.15) is 0 Å². The summed E-state index contributed by atoms with van der Waals surface area (Å²) < 4.78 is 0. The zero-order valence-corrected chi connectivity index (χ0v) is 15.9. The smallest absolute Gasteiger partial charge is 0.247 e. The van der Waals surface area contributed by atoms with Gasteiger partial charge in [-0.05, 0) is 36.5 Å². The first kappa shape index (κ1) is 19.0. The van der Waals surface area contributed by atoms with E-state index in [1.165, 1.54) is 0 Å². The van der Waals surface area contributed by atoms with Crippen molar-refractivity contribution in [2.24, 2.45) is 5.41 Å². The second-order valence-electron chi connectivity index (χ2n) is 7.62. The molecule has 25 heavy (non-hydrogen) atoms. The van der Waals surface area contributed by atoms with Gasteiger partial charge in [-0.15, -0.1) is 0 Å². The largest absolute Gasteiger partial charge is 0.326 e. The maximum atomic E-state index is 13.1. The molecule has 2 heteroatoms. The third-order valence-electron chi connectivity index (χ3n) is 4.38. The van der Waals surface area contributed by atoms with Gasteiger partial charge in [-0.1, -0.05) is 87.5 Å². The third kappa shape index (κ3) is 5.32. The molecular weight excluding hydrogens is 306 g/mol. The van der Waals surface area contributed by atoms with Gasteiger partial charge in [0.2, 0.25) is 5.91 Å². The van der Waals surface area contributed by atoms with Crippen LogP contribution in [0.1, 0.15) is 57.8 Å². The summed E-state index contributed by atoms with van der Waals surface area (Å²) in [6.07, 6.45) is 3.70. The van der Waals surface area contributed by atoms with Gasteiger partial charge >= 0.3 is 0 Å². The van der Waals surface area contributed by atoms with Crippen molar-refractivity contribution in [1.82, 2.24) is 4.90 Å². The highest BCUT2D eigenvalue weighted by atomic mass is 16.2. The summed E-state index contributed by atoms with van der Waals surface area (Å²) in [5.74, 6) is 0.0441. The Balaban J connectivity index is 2.37. The minimum absolute atomic E-state index is 0.00600. The van der Waals surface area contributed by atoms with Crippen LogP contribution in [0.5, 0.6) is 0 Å². The number of rotatable bonds is 5. The molecule has 2 rings (SSSR count). The minimum Gasteiger partial charge on any atom is -0.326 e. The average molecular weight is 335 g/mol. The lowest BCUT2D eigenvalue weighted by Crippen LogP contribution is -2.35. The number of amides is 1. The quantitative estimate of drug-likeness (QED) is 0.619. The minimum atomic E-state index is -0.0205. The monoisotopic (exact) mass is 335 g/mol. The summed E-state index contributed by atoms with van der Waals surface area (Å²) in [5, 5.41) is 0. The summed E-state index contributed by atoms with van der Waals surface area (Å²) in [5.41, 5.74) is 2.26. The van der Waals surface area contributed by atoms with E-state index in [0.29, 0.717) is 0 Å². The summed E-state index contributed by atoms with van der Waals surface area (Å²) >= 11 is 0. The Morgan fingerprint density at radius 3 is 1.60 bits per heavy atom. The molecule has 0 N–H and O–H groups in total. The van der Waals surface area contributed by atoms with Crippen LogP contribution in [0.25, 0.3) is 0 Å². The van der Waals surface area contributed by atoms with Crippen LogP contribution in [0.15, 0.2) is 72.8 Å². The molecule has 0 aromatic heterocycles. The first-order valence-corrected chi connectivity index (χ1v) is 8.91. The van der Waals surface area contributed by atoms with E-state index in [2.05, 4.69) is 58.9 Å². The molecule has 0 saturated carbocycles. The standard InChI is InChI=1S/C23H29NO/c1-18(20-12-8-6-9-13-20)24(22(25)16-17-23(3,4)5)19(2)21-14-10-7-11-15-21/h6-19H,1-5H3/b17-16+/t18-,19-/m0/s1. The highest BCUT2D eigenvalue weighted by Gasteiger charge is 2.26. The molecule has 0 fully saturated rings. The van der Waals surface area contributed by atoms with E-state index in [1.54, 1.807) is 6.08 Å². The molecule has 0 aliphatic heterocycles. The van der Waals surface area contributed by atoms with Crippen LogP contribution in [0.3, 0.4) is 0 Å². The number of hydrogen-bond acceptors (Lipinski definition) is 1. The molecule has 2 nitrogen and oxygen atoms in total. The highest BCUT2D eigenvalue weighted by molar-refractivity contribution is 5.88. The molecule has 0 aliphatic rings. The van der Waals surface area contributed by atoms with Crippen molar-refractivity contribution in [2.45, 2.75) is 46.7 Å². The Hall–Kier alpha value is -2.35. The van der Waals surface area contributed by atoms with Crippen LogP contribution >= 0.6 is 0 Å². The lowest BCUT2D eigenvalue weighted by atomic mass is 9.95. The Bertz CT molecular complexity index is 652. The van der Waals surface area contributed by atoms with E-state index < -0.39 is 0 Å². The Morgan fingerprint density at radius 2 is 1.24 bits per heavy atom. The molecule has 2 aromatic rings. The summed E-state index contributed by atoms with van der Waals surface area (Å²) in [6.45, 7) is 10.5. The number of carbonyl (C=O) groups excluding carboxylic acids is 1. The number of nitrogens with zero attached hydrogens (tertiary/aromatic N) is 1. The molecule has 0 saturated heterocycles. The van der Waals surface area contributed by atoms with Gasteiger partial charge in [0.05, 0.1) is 12.1 Å². The maximum Gasteiger partial charge on any atom is 0.247 e. The molecule has 2 atom stereocenters. The topological polar surface area (TPSA) is 20.3 Å². The van der Waals surface area contributed by atoms with Gasteiger partial charge in [0, 0.05) is 0 Å². The van der Waals surface area contributed by atoms with Crippen LogP contribution < -0.4 is 0 Å². The normalized spacial score (nSPS) is 14.3. The fourth-order valence-electron chi connectivity index (χ4n) is 2.91. The second-order valence-corrected chi connectivity index (χ2v) is 7.62. The van der Waals surface area contributed by atoms with Crippen molar-refractivity contribution >= 4 is 5.91 Å². The van der Waals surface area contributed by atoms with Gasteiger partial charge in [0.15, 0.2) is 0 Å². The maximum absolute atomic E-state index is 13.1. The lowest BCUT2D eigenvalue weighted by molar-refractivity contribution is -0.130. The summed E-state index contributed by atoms with van der Waals surface area (Å²) in [6, 6.07) is 20.4. The second kappa shape index (κ2) is 8.15. The van der Waals surface area contributed by atoms with Gasteiger partial charge in [0.1, 0.15) is 0 Å². The van der Waals surface area contributed by atoms with Crippen molar-refractivity contribution in [3.05, 3.63) is 83.9 Å². The van der Waals surface area contributed by atoms with E-state index in [9.17, 15) is 4.79 Å².